The van der Waals surface area contributed by atoms with E-state index in [9.17, 15) is 0 Å². The molecule has 7 heteroatoms. The molecule has 3 nitrogen and oxygen atoms in total. The van der Waals surface area contributed by atoms with Crippen LogP contribution in [-0.4, -0.2) is 28.6 Å². The van der Waals surface area contributed by atoms with Gasteiger partial charge in [0.05, 0.1) is 0 Å². The Morgan fingerprint density at radius 3 is 0.835 bits per heavy atom. The summed E-state index contributed by atoms with van der Waals surface area (Å²) in [6.07, 6.45) is 0. The smallest absolute Gasteiger partial charge is 0.329 e. The number of hydrogen-bond donors (Lipinski definition) is 0. The Kier molecular flexibility index (Phi) is 10.9. The fourth-order valence-corrected chi connectivity index (χ4v) is 22.1. The molecule has 0 bridgehead atoms. The molecule has 14 aromatic rings. The highest BCUT2D eigenvalue weighted by Gasteiger charge is 2.49. The van der Waals surface area contributed by atoms with E-state index in [1.807, 2.05) is 0 Å². The minimum atomic E-state index is -3.17. The molecule has 0 aliphatic carbocycles. The first kappa shape index (κ1) is 50.8. The third-order valence-electron chi connectivity index (χ3n) is 21.0. The van der Waals surface area contributed by atoms with Gasteiger partial charge in [-0.05, 0) is 147 Å². The lowest BCUT2D eigenvalue weighted by Crippen LogP contribution is -2.75. The van der Waals surface area contributed by atoms with E-state index in [0.29, 0.717) is 0 Å². The molecular weight excluding hydrogens is 1110 g/mol. The number of benzene rings is 14. The van der Waals surface area contributed by atoms with E-state index in [0.717, 1.165) is 0 Å². The molecule has 20 rings (SSSR count). The second-order valence-corrected chi connectivity index (χ2v) is 29.1. The highest BCUT2D eigenvalue weighted by Crippen LogP contribution is 2.51. The van der Waals surface area contributed by atoms with Crippen molar-refractivity contribution in [1.82, 2.24) is 0 Å². The van der Waals surface area contributed by atoms with Crippen molar-refractivity contribution in [2.75, 3.05) is 14.4 Å². The first-order valence-corrected chi connectivity index (χ1v) is 34.0. The van der Waals surface area contributed by atoms with Crippen LogP contribution in [-0.2, 0) is 0 Å². The molecule has 6 aliphatic heterocycles. The van der Waals surface area contributed by atoms with Gasteiger partial charge in [-0.2, -0.15) is 0 Å². The van der Waals surface area contributed by atoms with Gasteiger partial charge >= 0.3 is 20.5 Å². The van der Waals surface area contributed by atoms with Crippen LogP contribution < -0.4 is 68.0 Å². The van der Waals surface area contributed by atoms with Crippen LogP contribution in [0.25, 0.3) is 77.9 Å². The largest absolute Gasteiger partial charge is 0.376 e. The molecule has 0 atom stereocenters. The normalized spacial score (nSPS) is 13.6. The Bertz CT molecular complexity index is 5360. The van der Waals surface area contributed by atoms with Crippen LogP contribution in [0.4, 0.5) is 34.1 Å². The molecule has 91 heavy (non-hydrogen) atoms. The highest BCUT2D eigenvalue weighted by molar-refractivity contribution is 7.20. The van der Waals surface area contributed by atoms with Gasteiger partial charge < -0.3 is 14.4 Å². The van der Waals surface area contributed by atoms with Gasteiger partial charge in [-0.1, -0.05) is 279 Å². The predicted octanol–water partition coefficient (Wildman–Crippen LogP) is 13.4. The lowest BCUT2D eigenvalue weighted by Gasteiger charge is -2.45. The lowest BCUT2D eigenvalue weighted by atomic mass is 9.43. The Morgan fingerprint density at radius 2 is 0.440 bits per heavy atom. The van der Waals surface area contributed by atoms with Crippen LogP contribution in [0.5, 0.6) is 0 Å². The quantitative estimate of drug-likeness (QED) is 0.126. The van der Waals surface area contributed by atoms with Gasteiger partial charge in [0.25, 0.3) is 0 Å². The number of anilines is 6. The average molecular weight is 1170 g/mol. The van der Waals surface area contributed by atoms with Crippen LogP contribution in [0.15, 0.2) is 328 Å². The number of rotatable bonds is 5. The molecule has 0 spiro atoms. The summed E-state index contributed by atoms with van der Waals surface area (Å²) in [6, 6.07) is 125. The Morgan fingerprint density at radius 1 is 0.176 bits per heavy atom. The predicted molar refractivity (Wildman–Crippen MR) is 389 cm³/mol. The fraction of sp³-hybridized carbons (Fsp3) is 0. The van der Waals surface area contributed by atoms with E-state index < -0.39 is 8.07 Å². The van der Waals surface area contributed by atoms with E-state index in [4.69, 9.17) is 0 Å². The molecule has 0 aromatic heterocycles. The number of nitrogens with zero attached hydrogens (tertiary/aromatic N) is 3. The van der Waals surface area contributed by atoms with Crippen molar-refractivity contribution >= 4 is 116 Å². The summed E-state index contributed by atoms with van der Waals surface area (Å²) < 4.78 is 0. The van der Waals surface area contributed by atoms with Crippen molar-refractivity contribution in [3.8, 4) is 77.9 Å². The van der Waals surface area contributed by atoms with Crippen molar-refractivity contribution in [1.29, 1.82) is 0 Å². The van der Waals surface area contributed by atoms with Crippen molar-refractivity contribution in [2.24, 2.45) is 0 Å². The maximum Gasteiger partial charge on any atom is 0.329 e. The molecule has 14 aromatic carbocycles. The molecule has 418 valence electrons. The summed E-state index contributed by atoms with van der Waals surface area (Å²) in [4.78, 5) is 7.89. The van der Waals surface area contributed by atoms with E-state index in [1.54, 1.807) is 0 Å². The zero-order valence-electron chi connectivity index (χ0n) is 49.8. The van der Waals surface area contributed by atoms with Gasteiger partial charge in [0.2, 0.25) is 0 Å². The van der Waals surface area contributed by atoms with E-state index in [-0.39, 0.29) is 20.5 Å². The van der Waals surface area contributed by atoms with Crippen molar-refractivity contribution in [2.45, 2.75) is 0 Å². The molecular formula is C84H54B3N3Si. The van der Waals surface area contributed by atoms with Gasteiger partial charge in [0.1, 0.15) is 0 Å². The second-order valence-electron chi connectivity index (χ2n) is 25.3. The third-order valence-corrected chi connectivity index (χ3v) is 25.8. The molecule has 0 fully saturated rings. The van der Waals surface area contributed by atoms with Crippen LogP contribution in [0.1, 0.15) is 0 Å². The van der Waals surface area contributed by atoms with Gasteiger partial charge in [-0.15, -0.1) is 0 Å². The standard InChI is InChI=1S/C84H54B3N3Si/c1-3-23-57(24-4-1)91(58-25-5-2-6-26-58,59-45-49-83-71(53-59)64-30-10-18-38-76(64)85-73-35-15-7-27-61(73)67-33-13-21-41-80(67)89(83)85)60-46-50-84-72(54-60)65-31-11-19-39-77(65)86-75-37-17-9-29-63(75)70-52-56(44-48-82(70)90(84)86)55-43-47-78-69(51-55)68-34-14-22-42-81(68)88-79-40-20-12-32-66(79)62-28-8-16-36-74(62)87(78)88/h1-54H. The Labute approximate surface area is 532 Å². The molecule has 6 heterocycles. The third kappa shape index (κ3) is 7.07. The number of para-hydroxylation sites is 3. The summed E-state index contributed by atoms with van der Waals surface area (Å²) >= 11 is 0. The average Bonchev–Trinajstić information content (AvgIpc) is 0.738. The second kappa shape index (κ2) is 19.4. The number of fused-ring (bicyclic) bond motifs is 33. The topological polar surface area (TPSA) is 9.72 Å². The first-order valence-electron chi connectivity index (χ1n) is 32.0. The summed E-state index contributed by atoms with van der Waals surface area (Å²) in [6.45, 7) is 0.0549. The zero-order valence-corrected chi connectivity index (χ0v) is 50.8. The van der Waals surface area contributed by atoms with Crippen LogP contribution in [0.2, 0.25) is 0 Å². The highest BCUT2D eigenvalue weighted by atomic mass is 28.3. The van der Waals surface area contributed by atoms with E-state index >= 15 is 0 Å². The van der Waals surface area contributed by atoms with E-state index in [2.05, 4.69) is 342 Å². The maximum atomic E-state index is 2.67. The van der Waals surface area contributed by atoms with Gasteiger partial charge in [-0.3, -0.25) is 0 Å². The monoisotopic (exact) mass is 1170 g/mol. The molecule has 0 unspecified atom stereocenters. The summed E-state index contributed by atoms with van der Waals surface area (Å²) in [5.41, 5.74) is 33.2. The summed E-state index contributed by atoms with van der Waals surface area (Å²) in [5, 5.41) is 5.40. The minimum Gasteiger partial charge on any atom is -0.376 e. The molecule has 6 aliphatic rings. The van der Waals surface area contributed by atoms with Crippen LogP contribution in [0.3, 0.4) is 0 Å². The summed E-state index contributed by atoms with van der Waals surface area (Å²) in [7, 11) is -3.17. The Balaban J connectivity index is 0.763. The summed E-state index contributed by atoms with van der Waals surface area (Å²) in [5.74, 6) is 0. The van der Waals surface area contributed by atoms with Crippen molar-refractivity contribution < 1.29 is 0 Å². The van der Waals surface area contributed by atoms with Gasteiger partial charge in [0, 0.05) is 67.5 Å². The van der Waals surface area contributed by atoms with Gasteiger partial charge in [0.15, 0.2) is 8.07 Å². The fourth-order valence-electron chi connectivity index (χ4n) is 17.3. The first-order chi connectivity index (χ1) is 45.2. The molecule has 0 saturated heterocycles. The van der Waals surface area contributed by atoms with Crippen molar-refractivity contribution in [3.63, 3.8) is 0 Å². The zero-order chi connectivity index (χ0) is 59.5. The van der Waals surface area contributed by atoms with Crippen molar-refractivity contribution in [3.05, 3.63) is 328 Å². The van der Waals surface area contributed by atoms with E-state index in [1.165, 1.54) is 166 Å². The van der Waals surface area contributed by atoms with Crippen LogP contribution >= 0.6 is 0 Å². The SMILES string of the molecule is c1ccc([Si](c2ccccc2)(c2ccc3c(c2)-c2ccccc2B2c4ccccc4-c4ccccc4N23)c2ccc3c(c2)-c2ccccc2B2c4ccccc4-c4cc(-c5ccc6c(c5)-c5ccccc5N5B6c6ccccc6-c6ccccc65)ccc4N23)cc1. The maximum absolute atomic E-state index is 3.17. The molecule has 0 N–H and O–H groups in total. The molecule has 0 saturated carbocycles. The Hall–Kier alpha value is -11.1. The lowest BCUT2D eigenvalue weighted by molar-refractivity contribution is 1.34. The minimum absolute atomic E-state index is 0.0301. The molecule has 0 radical (unpaired) electrons. The number of hydrogen-bond acceptors (Lipinski definition) is 3. The molecule has 0 amide bonds. The van der Waals surface area contributed by atoms with Gasteiger partial charge in [-0.25, -0.2) is 0 Å². The van der Waals surface area contributed by atoms with Crippen LogP contribution in [0, 0.1) is 0 Å².